The number of anilines is 2. The van der Waals surface area contributed by atoms with Gasteiger partial charge < -0.3 is 15.8 Å². The van der Waals surface area contributed by atoms with E-state index in [2.05, 4.69) is 15.4 Å². The van der Waals surface area contributed by atoms with E-state index in [1.54, 1.807) is 6.07 Å². The molecule has 0 aliphatic carbocycles. The van der Waals surface area contributed by atoms with Gasteiger partial charge in [-0.2, -0.15) is 0 Å². The van der Waals surface area contributed by atoms with Gasteiger partial charge in [-0.15, -0.1) is 0 Å². The van der Waals surface area contributed by atoms with Crippen molar-refractivity contribution in [3.8, 4) is 0 Å². The zero-order valence-electron chi connectivity index (χ0n) is 9.49. The maximum absolute atomic E-state index is 11.0. The Morgan fingerprint density at radius 2 is 2.19 bits per heavy atom. The number of nitrogens with one attached hydrogen (secondary N) is 2. The number of carbonyl (C=O) groups excluding carboxylic acids is 1. The highest BCUT2D eigenvalue weighted by molar-refractivity contribution is 5.85. The second-order valence-electron chi connectivity index (χ2n) is 3.48. The zero-order valence-corrected chi connectivity index (χ0v) is 9.49. The van der Waals surface area contributed by atoms with Crippen LogP contribution in [0.15, 0.2) is 24.3 Å². The van der Waals surface area contributed by atoms with Crippen LogP contribution < -0.4 is 16.4 Å². The van der Waals surface area contributed by atoms with Gasteiger partial charge in [0.2, 0.25) is 0 Å². The lowest BCUT2D eigenvalue weighted by Gasteiger charge is -2.13. The minimum atomic E-state index is -0.482. The average Bonchev–Trinajstić information content (AvgIpc) is 2.29. The fraction of sp³-hybridized carbons (Fsp3) is 0.364. The first-order valence-corrected chi connectivity index (χ1v) is 5.07. The average molecular weight is 223 g/mol. The van der Waals surface area contributed by atoms with Gasteiger partial charge in [-0.1, -0.05) is 6.07 Å². The number of hydrogen-bond donors (Lipinski definition) is 3. The van der Waals surface area contributed by atoms with Crippen molar-refractivity contribution >= 4 is 17.5 Å². The molecule has 0 saturated carbocycles. The Labute approximate surface area is 95.0 Å². The van der Waals surface area contributed by atoms with E-state index in [0.717, 1.165) is 5.69 Å². The van der Waals surface area contributed by atoms with Crippen molar-refractivity contribution in [3.63, 3.8) is 0 Å². The molecule has 0 fully saturated rings. The molecule has 0 radical (unpaired) electrons. The Hall–Kier alpha value is -1.75. The molecular formula is C11H17N3O2. The molecule has 0 aromatic heterocycles. The summed E-state index contributed by atoms with van der Waals surface area (Å²) in [6.07, 6.45) is -0.482. The molecule has 0 aliphatic rings. The van der Waals surface area contributed by atoms with Gasteiger partial charge in [0, 0.05) is 24.0 Å². The van der Waals surface area contributed by atoms with Crippen molar-refractivity contribution in [2.24, 2.45) is 5.73 Å². The summed E-state index contributed by atoms with van der Waals surface area (Å²) in [5.41, 5.74) is 7.10. The van der Waals surface area contributed by atoms with Gasteiger partial charge in [0.1, 0.15) is 0 Å². The number of benzene rings is 1. The Morgan fingerprint density at radius 1 is 1.50 bits per heavy atom. The van der Waals surface area contributed by atoms with Gasteiger partial charge in [-0.05, 0) is 25.1 Å². The van der Waals surface area contributed by atoms with Crippen LogP contribution in [0.3, 0.4) is 0 Å². The molecule has 5 nitrogen and oxygen atoms in total. The third-order valence-electron chi connectivity index (χ3n) is 2.06. The third kappa shape index (κ3) is 3.78. The van der Waals surface area contributed by atoms with Crippen LogP contribution in [0.25, 0.3) is 0 Å². The number of hydrogen-bond acceptors (Lipinski definition) is 4. The number of methoxy groups -OCH3 is 1. The van der Waals surface area contributed by atoms with E-state index in [1.807, 2.05) is 25.1 Å². The molecule has 1 rings (SSSR count). The molecule has 0 saturated heterocycles. The van der Waals surface area contributed by atoms with Crippen molar-refractivity contribution in [2.75, 3.05) is 24.3 Å². The molecule has 1 aromatic carbocycles. The van der Waals surface area contributed by atoms with Crippen molar-refractivity contribution in [1.82, 2.24) is 0 Å². The molecule has 0 spiro atoms. The third-order valence-corrected chi connectivity index (χ3v) is 2.06. The Kier molecular flexibility index (Phi) is 4.60. The molecule has 0 aliphatic heterocycles. The number of rotatable bonds is 4. The second kappa shape index (κ2) is 5.97. The summed E-state index contributed by atoms with van der Waals surface area (Å²) in [6, 6.07) is 7.55. The smallest absolute Gasteiger partial charge is 0.411 e. The molecule has 0 bridgehead atoms. The van der Waals surface area contributed by atoms with Crippen molar-refractivity contribution in [3.05, 3.63) is 24.3 Å². The van der Waals surface area contributed by atoms with Crippen LogP contribution in [-0.2, 0) is 4.74 Å². The molecule has 4 N–H and O–H groups in total. The molecule has 1 atom stereocenters. The normalized spacial score (nSPS) is 11.7. The maximum atomic E-state index is 11.0. The van der Waals surface area contributed by atoms with Crippen molar-refractivity contribution in [2.45, 2.75) is 13.0 Å². The molecule has 1 unspecified atom stereocenters. The second-order valence-corrected chi connectivity index (χ2v) is 3.48. The van der Waals surface area contributed by atoms with Crippen LogP contribution in [0.5, 0.6) is 0 Å². The quantitative estimate of drug-likeness (QED) is 0.725. The predicted molar refractivity (Wildman–Crippen MR) is 64.6 cm³/mol. The minimum Gasteiger partial charge on any atom is -0.453 e. The standard InChI is InChI=1S/C11H17N3O2/c1-8(7-12)13-9-4-3-5-10(6-9)14-11(15)16-2/h3-6,8,13H,7,12H2,1-2H3,(H,14,15). The summed E-state index contributed by atoms with van der Waals surface area (Å²) in [7, 11) is 1.33. The number of nitrogens with two attached hydrogens (primary N) is 1. The van der Waals surface area contributed by atoms with Crippen LogP contribution in [0, 0.1) is 0 Å². The molecule has 0 heterocycles. The summed E-state index contributed by atoms with van der Waals surface area (Å²) in [5.74, 6) is 0. The van der Waals surface area contributed by atoms with Gasteiger partial charge in [0.15, 0.2) is 0 Å². The van der Waals surface area contributed by atoms with E-state index in [9.17, 15) is 4.79 Å². The van der Waals surface area contributed by atoms with Crippen LogP contribution in [0.4, 0.5) is 16.2 Å². The monoisotopic (exact) mass is 223 g/mol. The summed E-state index contributed by atoms with van der Waals surface area (Å²) >= 11 is 0. The molecule has 16 heavy (non-hydrogen) atoms. The zero-order chi connectivity index (χ0) is 12.0. The molecular weight excluding hydrogens is 206 g/mol. The first-order chi connectivity index (χ1) is 7.65. The predicted octanol–water partition coefficient (Wildman–Crippen LogP) is 1.62. The van der Waals surface area contributed by atoms with E-state index in [-0.39, 0.29) is 6.04 Å². The number of amides is 1. The van der Waals surface area contributed by atoms with Gasteiger partial charge in [0.25, 0.3) is 0 Å². The van der Waals surface area contributed by atoms with Gasteiger partial charge in [0.05, 0.1) is 7.11 Å². The highest BCUT2D eigenvalue weighted by Crippen LogP contribution is 2.15. The van der Waals surface area contributed by atoms with E-state index >= 15 is 0 Å². The Balaban J connectivity index is 2.67. The van der Waals surface area contributed by atoms with Gasteiger partial charge in [-0.3, -0.25) is 5.32 Å². The minimum absolute atomic E-state index is 0.188. The fourth-order valence-corrected chi connectivity index (χ4v) is 1.20. The first kappa shape index (κ1) is 12.3. The van der Waals surface area contributed by atoms with Crippen LogP contribution in [0.1, 0.15) is 6.92 Å². The van der Waals surface area contributed by atoms with Crippen molar-refractivity contribution < 1.29 is 9.53 Å². The highest BCUT2D eigenvalue weighted by atomic mass is 16.5. The van der Waals surface area contributed by atoms with Crippen molar-refractivity contribution in [1.29, 1.82) is 0 Å². The summed E-state index contributed by atoms with van der Waals surface area (Å²) in [6.45, 7) is 2.54. The lowest BCUT2D eigenvalue weighted by Crippen LogP contribution is -2.25. The summed E-state index contributed by atoms with van der Waals surface area (Å²) in [4.78, 5) is 11.0. The molecule has 1 aromatic rings. The van der Waals surface area contributed by atoms with Crippen LogP contribution in [-0.4, -0.2) is 25.8 Å². The topological polar surface area (TPSA) is 76.4 Å². The van der Waals surface area contributed by atoms with Crippen LogP contribution in [0.2, 0.25) is 0 Å². The van der Waals surface area contributed by atoms with E-state index in [1.165, 1.54) is 7.11 Å². The summed E-state index contributed by atoms with van der Waals surface area (Å²) in [5, 5.41) is 5.80. The van der Waals surface area contributed by atoms with Gasteiger partial charge >= 0.3 is 6.09 Å². The summed E-state index contributed by atoms with van der Waals surface area (Å²) < 4.78 is 4.51. The number of ether oxygens (including phenoxy) is 1. The Morgan fingerprint density at radius 3 is 2.81 bits per heavy atom. The molecule has 88 valence electrons. The first-order valence-electron chi connectivity index (χ1n) is 5.07. The Bertz CT molecular complexity index is 355. The molecule has 5 heteroatoms. The van der Waals surface area contributed by atoms with E-state index in [0.29, 0.717) is 12.2 Å². The largest absolute Gasteiger partial charge is 0.453 e. The SMILES string of the molecule is COC(=O)Nc1cccc(NC(C)CN)c1. The fourth-order valence-electron chi connectivity index (χ4n) is 1.20. The molecule has 1 amide bonds. The highest BCUT2D eigenvalue weighted by Gasteiger charge is 2.02. The van der Waals surface area contributed by atoms with Crippen LogP contribution >= 0.6 is 0 Å². The van der Waals surface area contributed by atoms with E-state index < -0.39 is 6.09 Å². The van der Waals surface area contributed by atoms with Gasteiger partial charge in [-0.25, -0.2) is 4.79 Å². The maximum Gasteiger partial charge on any atom is 0.411 e. The number of carbonyl (C=O) groups is 1. The lowest BCUT2D eigenvalue weighted by atomic mass is 10.2. The lowest BCUT2D eigenvalue weighted by molar-refractivity contribution is 0.187. The van der Waals surface area contributed by atoms with E-state index in [4.69, 9.17) is 5.73 Å².